The van der Waals surface area contributed by atoms with E-state index in [1.807, 2.05) is 4.90 Å². The second kappa shape index (κ2) is 7.63. The van der Waals surface area contributed by atoms with Crippen molar-refractivity contribution in [2.24, 2.45) is 18.7 Å². The molecule has 2 N–H and O–H groups in total. The highest BCUT2D eigenvalue weighted by Crippen LogP contribution is 2.28. The minimum absolute atomic E-state index is 0.0632. The molecule has 2 fully saturated rings. The fourth-order valence-corrected chi connectivity index (χ4v) is 5.61. The molecule has 150 valence electrons. The maximum absolute atomic E-state index is 12.9. The molecule has 0 spiro atoms. The van der Waals surface area contributed by atoms with Crippen LogP contribution in [0.4, 0.5) is 0 Å². The van der Waals surface area contributed by atoms with E-state index >= 15 is 0 Å². The Hall–Kier alpha value is -1.87. The fourth-order valence-electron chi connectivity index (χ4n) is 4.07. The van der Waals surface area contributed by atoms with E-state index in [-0.39, 0.29) is 28.5 Å². The molecule has 0 aromatic carbocycles. The summed E-state index contributed by atoms with van der Waals surface area (Å²) in [5, 5.41) is 0. The van der Waals surface area contributed by atoms with E-state index in [2.05, 4.69) is 6.92 Å². The Morgan fingerprint density at radius 3 is 2.33 bits per heavy atom. The first kappa shape index (κ1) is 19.9. The maximum Gasteiger partial charge on any atom is 0.265 e. The van der Waals surface area contributed by atoms with Gasteiger partial charge in [-0.3, -0.25) is 9.59 Å². The van der Waals surface area contributed by atoms with Crippen molar-refractivity contribution in [1.29, 1.82) is 0 Å². The third-order valence-electron chi connectivity index (χ3n) is 5.76. The van der Waals surface area contributed by atoms with Crippen molar-refractivity contribution in [2.45, 2.75) is 50.0 Å². The van der Waals surface area contributed by atoms with E-state index < -0.39 is 15.9 Å². The van der Waals surface area contributed by atoms with Gasteiger partial charge in [-0.15, -0.1) is 0 Å². The molecular weight excluding hydrogens is 368 g/mol. The highest BCUT2D eigenvalue weighted by molar-refractivity contribution is 7.89. The predicted molar refractivity (Wildman–Crippen MR) is 100 cm³/mol. The Bertz CT molecular complexity index is 824. The van der Waals surface area contributed by atoms with Crippen molar-refractivity contribution in [3.05, 3.63) is 18.0 Å². The van der Waals surface area contributed by atoms with Gasteiger partial charge in [0.25, 0.3) is 5.91 Å². The van der Waals surface area contributed by atoms with Crippen LogP contribution in [0.15, 0.2) is 17.2 Å². The summed E-state index contributed by atoms with van der Waals surface area (Å²) in [7, 11) is -2.12. The summed E-state index contributed by atoms with van der Waals surface area (Å²) in [6.45, 7) is 3.50. The zero-order valence-corrected chi connectivity index (χ0v) is 16.7. The molecule has 1 unspecified atom stereocenters. The van der Waals surface area contributed by atoms with Crippen LogP contribution in [0.1, 0.15) is 49.5 Å². The van der Waals surface area contributed by atoms with Gasteiger partial charge in [-0.2, -0.15) is 4.31 Å². The Labute approximate surface area is 160 Å². The molecule has 27 heavy (non-hydrogen) atoms. The predicted octanol–water partition coefficient (Wildman–Crippen LogP) is 0.926. The smallest absolute Gasteiger partial charge is 0.265 e. The van der Waals surface area contributed by atoms with Crippen LogP contribution in [0.5, 0.6) is 0 Å². The lowest BCUT2D eigenvalue weighted by molar-refractivity contribution is -0.140. The first-order valence-electron chi connectivity index (χ1n) is 9.48. The summed E-state index contributed by atoms with van der Waals surface area (Å²) in [6.07, 6.45) is 5.69. The minimum Gasteiger partial charge on any atom is -0.364 e. The van der Waals surface area contributed by atoms with Gasteiger partial charge in [0.2, 0.25) is 15.9 Å². The number of likely N-dealkylation sites (tertiary alicyclic amines) is 1. The normalized spacial score (nSPS) is 22.7. The molecule has 3 rings (SSSR count). The fraction of sp³-hybridized carbons (Fsp3) is 0.667. The molecule has 1 aromatic rings. The lowest BCUT2D eigenvalue weighted by Gasteiger charge is -2.38. The minimum atomic E-state index is -3.70. The summed E-state index contributed by atoms with van der Waals surface area (Å²) in [5.41, 5.74) is 5.42. The summed E-state index contributed by atoms with van der Waals surface area (Å²) >= 11 is 0. The first-order chi connectivity index (χ1) is 12.7. The van der Waals surface area contributed by atoms with Crippen LogP contribution in [-0.2, 0) is 21.9 Å². The molecule has 0 aliphatic carbocycles. The van der Waals surface area contributed by atoms with E-state index in [9.17, 15) is 18.0 Å². The summed E-state index contributed by atoms with van der Waals surface area (Å²) in [4.78, 5) is 26.2. The molecule has 3 heterocycles. The molecule has 2 aliphatic rings. The number of piperidine rings is 2. The number of carbonyl (C=O) groups is 2. The number of nitrogens with two attached hydrogens (primary N) is 1. The SMILES string of the molecule is CC1CCCCN1C(=O)C1CCN(S(=O)(=O)c2cc(C(N)=O)n(C)c2)CC1. The van der Waals surface area contributed by atoms with Crippen LogP contribution in [-0.4, -0.2) is 59.7 Å². The van der Waals surface area contributed by atoms with Gasteiger partial charge in [0.15, 0.2) is 0 Å². The lowest BCUT2D eigenvalue weighted by Crippen LogP contribution is -2.48. The number of nitrogens with zero attached hydrogens (tertiary/aromatic N) is 3. The van der Waals surface area contributed by atoms with E-state index in [4.69, 9.17) is 5.73 Å². The van der Waals surface area contributed by atoms with Crippen molar-refractivity contribution < 1.29 is 18.0 Å². The second-order valence-corrected chi connectivity index (χ2v) is 9.53. The van der Waals surface area contributed by atoms with Crippen molar-refractivity contribution >= 4 is 21.8 Å². The zero-order valence-electron chi connectivity index (χ0n) is 15.9. The van der Waals surface area contributed by atoms with Gasteiger partial charge in [-0.25, -0.2) is 8.42 Å². The Morgan fingerprint density at radius 2 is 1.78 bits per heavy atom. The third kappa shape index (κ3) is 3.89. The lowest BCUT2D eigenvalue weighted by atomic mass is 9.94. The van der Waals surface area contributed by atoms with Crippen LogP contribution in [0.3, 0.4) is 0 Å². The molecule has 8 nitrogen and oxygen atoms in total. The second-order valence-electron chi connectivity index (χ2n) is 7.59. The average molecular weight is 397 g/mol. The summed E-state index contributed by atoms with van der Waals surface area (Å²) < 4.78 is 28.6. The quantitative estimate of drug-likeness (QED) is 0.817. The molecule has 2 saturated heterocycles. The van der Waals surface area contributed by atoms with Gasteiger partial charge in [0.05, 0.1) is 0 Å². The Balaban J connectivity index is 1.67. The molecular formula is C18H28N4O4S. The largest absolute Gasteiger partial charge is 0.364 e. The van der Waals surface area contributed by atoms with E-state index in [1.165, 1.54) is 21.1 Å². The Kier molecular flexibility index (Phi) is 5.62. The van der Waals surface area contributed by atoms with Gasteiger partial charge >= 0.3 is 0 Å². The number of hydrogen-bond acceptors (Lipinski definition) is 4. The third-order valence-corrected chi connectivity index (χ3v) is 7.62. The van der Waals surface area contributed by atoms with E-state index in [0.29, 0.717) is 25.9 Å². The number of rotatable bonds is 4. The van der Waals surface area contributed by atoms with Crippen LogP contribution in [0.25, 0.3) is 0 Å². The molecule has 2 amide bonds. The van der Waals surface area contributed by atoms with Crippen LogP contribution in [0, 0.1) is 5.92 Å². The van der Waals surface area contributed by atoms with Crippen LogP contribution >= 0.6 is 0 Å². The van der Waals surface area contributed by atoms with E-state index in [1.54, 1.807) is 7.05 Å². The molecule has 0 radical (unpaired) electrons. The highest BCUT2D eigenvalue weighted by atomic mass is 32.2. The van der Waals surface area contributed by atoms with Crippen molar-refractivity contribution in [3.8, 4) is 0 Å². The number of carbonyl (C=O) groups excluding carboxylic acids is 2. The molecule has 2 aliphatic heterocycles. The molecule has 9 heteroatoms. The van der Waals surface area contributed by atoms with Gasteiger partial charge in [-0.1, -0.05) is 0 Å². The number of amides is 2. The standard InChI is InChI=1S/C18H28N4O4S/c1-13-5-3-4-8-22(13)18(24)14-6-9-21(10-7-14)27(25,26)15-11-16(17(19)23)20(2)12-15/h11-14H,3-10H2,1-2H3,(H2,19,23). The van der Waals surface area contributed by atoms with Gasteiger partial charge < -0.3 is 15.2 Å². The number of hydrogen-bond donors (Lipinski definition) is 1. The molecule has 0 bridgehead atoms. The van der Waals surface area contributed by atoms with Crippen LogP contribution in [0.2, 0.25) is 0 Å². The monoisotopic (exact) mass is 396 g/mol. The number of primary amides is 1. The van der Waals surface area contributed by atoms with Gasteiger partial charge in [0.1, 0.15) is 10.6 Å². The molecule has 0 saturated carbocycles. The highest BCUT2D eigenvalue weighted by Gasteiger charge is 2.36. The van der Waals surface area contributed by atoms with E-state index in [0.717, 1.165) is 25.8 Å². The average Bonchev–Trinajstić information content (AvgIpc) is 3.04. The van der Waals surface area contributed by atoms with Gasteiger partial charge in [0, 0.05) is 44.8 Å². The summed E-state index contributed by atoms with van der Waals surface area (Å²) in [6, 6.07) is 1.58. The molecule has 1 atom stereocenters. The van der Waals surface area contributed by atoms with Gasteiger partial charge in [-0.05, 0) is 45.1 Å². The number of sulfonamides is 1. The van der Waals surface area contributed by atoms with Crippen molar-refractivity contribution in [2.75, 3.05) is 19.6 Å². The first-order valence-corrected chi connectivity index (χ1v) is 10.9. The number of aromatic nitrogens is 1. The van der Waals surface area contributed by atoms with Crippen molar-refractivity contribution in [3.63, 3.8) is 0 Å². The summed E-state index contributed by atoms with van der Waals surface area (Å²) in [5.74, 6) is -0.622. The van der Waals surface area contributed by atoms with Crippen LogP contribution < -0.4 is 5.73 Å². The molecule has 1 aromatic heterocycles. The zero-order chi connectivity index (χ0) is 19.8. The topological polar surface area (TPSA) is 106 Å². The number of aryl methyl sites for hydroxylation is 1. The van der Waals surface area contributed by atoms with Crippen molar-refractivity contribution in [1.82, 2.24) is 13.8 Å². The maximum atomic E-state index is 12.9. The Morgan fingerprint density at radius 1 is 1.11 bits per heavy atom.